The van der Waals surface area contributed by atoms with E-state index in [2.05, 4.69) is 69.4 Å². The van der Waals surface area contributed by atoms with E-state index >= 15 is 0 Å². The quantitative estimate of drug-likeness (QED) is 0.135. The molecule has 9 heteroatoms. The van der Waals surface area contributed by atoms with Gasteiger partial charge in [-0.1, -0.05) is 30.7 Å². The van der Waals surface area contributed by atoms with Crippen LogP contribution in [0.1, 0.15) is 73.3 Å². The number of aliphatic carboxylic acids is 1. The van der Waals surface area contributed by atoms with Crippen LogP contribution in [0.4, 0.5) is 5.69 Å². The van der Waals surface area contributed by atoms with E-state index in [1.165, 1.54) is 32.7 Å². The molecule has 244 valence electrons. The first-order chi connectivity index (χ1) is 21.0. The summed E-state index contributed by atoms with van der Waals surface area (Å²) in [5.41, 5.74) is 7.42. The number of likely N-dealkylation sites (N-methyl/N-ethyl adjacent to an activating group) is 1. The molecule has 0 aromatic heterocycles. The third-order valence-corrected chi connectivity index (χ3v) is 7.81. The molecule has 0 aliphatic carbocycles. The average Bonchev–Trinajstić information content (AvgIpc) is 2.98. The summed E-state index contributed by atoms with van der Waals surface area (Å²) >= 11 is 0. The molecule has 9 nitrogen and oxygen atoms in total. The molecule has 2 aromatic carbocycles. The second-order valence-electron chi connectivity index (χ2n) is 11.4. The number of hydrogen-bond donors (Lipinski definition) is 2. The molecule has 0 saturated heterocycles. The number of esters is 1. The molecule has 2 atom stereocenters. The van der Waals surface area contributed by atoms with Crippen molar-refractivity contribution in [1.82, 2.24) is 4.90 Å². The number of rotatable bonds is 21. The highest BCUT2D eigenvalue weighted by atomic mass is 16.6. The number of carboxylic acid groups (broad SMARTS) is 1. The Morgan fingerprint density at radius 3 is 2.16 bits per heavy atom. The van der Waals surface area contributed by atoms with Gasteiger partial charge in [0.25, 0.3) is 5.91 Å². The lowest BCUT2D eigenvalue weighted by molar-refractivity contribution is -0.177. The largest absolute Gasteiger partial charge is 0.479 e. The van der Waals surface area contributed by atoms with Crippen LogP contribution < -0.4 is 5.32 Å². The first kappa shape index (κ1) is 36.8. The maximum atomic E-state index is 13.4. The van der Waals surface area contributed by atoms with Crippen molar-refractivity contribution in [2.75, 3.05) is 45.3 Å². The fourth-order valence-corrected chi connectivity index (χ4v) is 4.78. The highest BCUT2D eigenvalue weighted by Crippen LogP contribution is 2.16. The SMILES string of the molecule is CCOC(=O)CO[C@@H](C(=O)O)[C@@H](OCCCCCc1ccc(C)c(C)c1)C(=O)N(C)CCCCCNc1ccc(C)c(C)c1. The zero-order valence-corrected chi connectivity index (χ0v) is 27.4. The molecule has 0 saturated carbocycles. The van der Waals surface area contributed by atoms with Gasteiger partial charge in [0.05, 0.1) is 6.61 Å². The van der Waals surface area contributed by atoms with Crippen molar-refractivity contribution >= 4 is 23.5 Å². The first-order valence-corrected chi connectivity index (χ1v) is 15.8. The normalized spacial score (nSPS) is 12.4. The fourth-order valence-electron chi connectivity index (χ4n) is 4.78. The van der Waals surface area contributed by atoms with Gasteiger partial charge in [-0.15, -0.1) is 0 Å². The van der Waals surface area contributed by atoms with E-state index in [1.54, 1.807) is 14.0 Å². The number of nitrogens with one attached hydrogen (secondary N) is 1. The molecule has 0 spiro atoms. The van der Waals surface area contributed by atoms with Crippen LogP contribution in [0.25, 0.3) is 0 Å². The maximum Gasteiger partial charge on any atom is 0.336 e. The summed E-state index contributed by atoms with van der Waals surface area (Å²) in [7, 11) is 1.64. The third kappa shape index (κ3) is 13.1. The summed E-state index contributed by atoms with van der Waals surface area (Å²) in [6, 6.07) is 12.8. The molecule has 0 fully saturated rings. The van der Waals surface area contributed by atoms with Crippen LogP contribution in [0.5, 0.6) is 0 Å². The van der Waals surface area contributed by atoms with E-state index in [4.69, 9.17) is 14.2 Å². The lowest BCUT2D eigenvalue weighted by Crippen LogP contribution is -2.50. The van der Waals surface area contributed by atoms with E-state index in [-0.39, 0.29) is 13.2 Å². The van der Waals surface area contributed by atoms with Crippen LogP contribution in [0.3, 0.4) is 0 Å². The van der Waals surface area contributed by atoms with Crippen molar-refractivity contribution in [3.8, 4) is 0 Å². The molecular weight excluding hydrogens is 560 g/mol. The first-order valence-electron chi connectivity index (χ1n) is 15.8. The van der Waals surface area contributed by atoms with E-state index in [0.29, 0.717) is 13.0 Å². The topological polar surface area (TPSA) is 114 Å². The average molecular weight is 613 g/mol. The number of hydrogen-bond acceptors (Lipinski definition) is 7. The van der Waals surface area contributed by atoms with Crippen molar-refractivity contribution in [1.29, 1.82) is 0 Å². The Labute approximate surface area is 263 Å². The molecule has 0 aliphatic rings. The highest BCUT2D eigenvalue weighted by molar-refractivity contribution is 5.88. The number of nitrogens with zero attached hydrogens (tertiary/aromatic N) is 1. The highest BCUT2D eigenvalue weighted by Gasteiger charge is 2.38. The minimum atomic E-state index is -1.63. The zero-order chi connectivity index (χ0) is 32.5. The van der Waals surface area contributed by atoms with Crippen LogP contribution in [0, 0.1) is 27.7 Å². The van der Waals surface area contributed by atoms with Crippen LogP contribution in [0.2, 0.25) is 0 Å². The van der Waals surface area contributed by atoms with Gasteiger partial charge in [-0.3, -0.25) is 4.79 Å². The van der Waals surface area contributed by atoms with Crippen molar-refractivity contribution in [2.45, 2.75) is 91.8 Å². The van der Waals surface area contributed by atoms with Gasteiger partial charge in [-0.2, -0.15) is 0 Å². The molecule has 0 unspecified atom stereocenters. The molecule has 2 N–H and O–H groups in total. The van der Waals surface area contributed by atoms with Gasteiger partial charge in [0, 0.05) is 32.4 Å². The van der Waals surface area contributed by atoms with Gasteiger partial charge in [-0.25, -0.2) is 9.59 Å². The number of amides is 1. The Morgan fingerprint density at radius 1 is 0.818 bits per heavy atom. The Hall–Kier alpha value is -3.43. The molecular formula is C35H52N2O7. The lowest BCUT2D eigenvalue weighted by atomic mass is 10.0. The summed E-state index contributed by atoms with van der Waals surface area (Å²) in [5, 5.41) is 13.3. The minimum absolute atomic E-state index is 0.143. The number of ether oxygens (including phenoxy) is 3. The third-order valence-electron chi connectivity index (χ3n) is 7.81. The van der Waals surface area contributed by atoms with E-state index < -0.39 is 36.7 Å². The maximum absolute atomic E-state index is 13.4. The second kappa shape index (κ2) is 19.8. The fraction of sp³-hybridized carbons (Fsp3) is 0.571. The summed E-state index contributed by atoms with van der Waals surface area (Å²) in [4.78, 5) is 38.9. The van der Waals surface area contributed by atoms with Crippen LogP contribution in [-0.4, -0.2) is 80.0 Å². The minimum Gasteiger partial charge on any atom is -0.479 e. The Kier molecular flexibility index (Phi) is 16.5. The number of unbranched alkanes of at least 4 members (excludes halogenated alkanes) is 4. The van der Waals surface area contributed by atoms with Gasteiger partial charge in [-0.05, 0) is 113 Å². The van der Waals surface area contributed by atoms with Gasteiger partial charge in [0.2, 0.25) is 0 Å². The van der Waals surface area contributed by atoms with Gasteiger partial charge < -0.3 is 29.5 Å². The summed E-state index contributed by atoms with van der Waals surface area (Å²) in [6.07, 6.45) is 2.98. The Bertz CT molecular complexity index is 1200. The summed E-state index contributed by atoms with van der Waals surface area (Å²) < 4.78 is 16.1. The van der Waals surface area contributed by atoms with Gasteiger partial charge in [0.1, 0.15) is 6.61 Å². The number of anilines is 1. The summed E-state index contributed by atoms with van der Waals surface area (Å²) in [5.74, 6) is -2.54. The van der Waals surface area contributed by atoms with Crippen molar-refractivity contribution in [3.05, 3.63) is 64.2 Å². The number of carbonyl (C=O) groups excluding carboxylic acids is 2. The molecule has 0 aliphatic heterocycles. The van der Waals surface area contributed by atoms with Crippen molar-refractivity contribution in [3.63, 3.8) is 0 Å². The van der Waals surface area contributed by atoms with Crippen LogP contribution in [0.15, 0.2) is 36.4 Å². The monoisotopic (exact) mass is 612 g/mol. The predicted octanol–water partition coefficient (Wildman–Crippen LogP) is 5.79. The summed E-state index contributed by atoms with van der Waals surface area (Å²) in [6.45, 7) is 11.1. The molecule has 1 amide bonds. The molecule has 2 rings (SSSR count). The van der Waals surface area contributed by atoms with Crippen molar-refractivity contribution in [2.24, 2.45) is 0 Å². The Balaban J connectivity index is 1.88. The smallest absolute Gasteiger partial charge is 0.336 e. The molecule has 0 heterocycles. The second-order valence-corrected chi connectivity index (χ2v) is 11.4. The molecule has 2 aromatic rings. The predicted molar refractivity (Wildman–Crippen MR) is 173 cm³/mol. The molecule has 0 bridgehead atoms. The Morgan fingerprint density at radius 2 is 1.50 bits per heavy atom. The van der Waals surface area contributed by atoms with E-state index in [0.717, 1.165) is 50.8 Å². The molecule has 0 radical (unpaired) electrons. The standard InChI is InChI=1S/C35H52N2O7/c1-7-42-31(38)24-44-33(35(40)41)32(43-21-13-8-10-14-29-17-15-25(2)27(4)22-29)34(39)37(6)20-12-9-11-19-36-30-18-16-26(3)28(5)23-30/h15-18,22-23,32-33,36H,7-14,19-21,24H2,1-6H3,(H,40,41)/t32-,33-/m1/s1. The van der Waals surface area contributed by atoms with Crippen LogP contribution >= 0.6 is 0 Å². The van der Waals surface area contributed by atoms with Crippen molar-refractivity contribution < 1.29 is 33.7 Å². The number of aryl methyl sites for hydroxylation is 5. The van der Waals surface area contributed by atoms with E-state index in [1.807, 2.05) is 0 Å². The lowest BCUT2D eigenvalue weighted by Gasteiger charge is -2.28. The number of carbonyl (C=O) groups is 3. The van der Waals surface area contributed by atoms with Crippen LogP contribution in [-0.2, 0) is 35.0 Å². The van der Waals surface area contributed by atoms with E-state index in [9.17, 15) is 19.5 Å². The molecule has 44 heavy (non-hydrogen) atoms. The van der Waals surface area contributed by atoms with Gasteiger partial charge in [0.15, 0.2) is 12.2 Å². The zero-order valence-electron chi connectivity index (χ0n) is 27.4. The number of carboxylic acids is 1. The number of benzene rings is 2. The van der Waals surface area contributed by atoms with Gasteiger partial charge >= 0.3 is 11.9 Å².